The van der Waals surface area contributed by atoms with E-state index in [0.29, 0.717) is 6.04 Å². The summed E-state index contributed by atoms with van der Waals surface area (Å²) in [5, 5.41) is 4.36. The lowest BCUT2D eigenvalue weighted by atomic mass is 9.90. The highest BCUT2D eigenvalue weighted by atomic mass is 79.9. The van der Waals surface area contributed by atoms with Gasteiger partial charge in [0.1, 0.15) is 5.60 Å². The average molecular weight is 432 g/mol. The number of amides is 1. The van der Waals surface area contributed by atoms with Crippen LogP contribution in [0.25, 0.3) is 0 Å². The fourth-order valence-electron chi connectivity index (χ4n) is 3.08. The lowest BCUT2D eigenvalue weighted by Gasteiger charge is -2.35. The first-order valence-electron chi connectivity index (χ1n) is 8.79. The highest BCUT2D eigenvalue weighted by Crippen LogP contribution is 2.25. The largest absolute Gasteiger partial charge is 0.444 e. The molecule has 0 atom stereocenters. The Balaban J connectivity index is 1.79. The second kappa shape index (κ2) is 8.74. The molecule has 0 bridgehead atoms. The molecule has 0 aliphatic heterocycles. The van der Waals surface area contributed by atoms with Crippen LogP contribution in [0.5, 0.6) is 0 Å². The minimum atomic E-state index is -0.450. The zero-order valence-corrected chi connectivity index (χ0v) is 17.8. The van der Waals surface area contributed by atoms with Crippen molar-refractivity contribution in [3.63, 3.8) is 0 Å². The highest BCUT2D eigenvalue weighted by Gasteiger charge is 2.29. The zero-order chi connectivity index (χ0) is 18.6. The molecule has 1 aromatic carbocycles. The van der Waals surface area contributed by atoms with Crippen LogP contribution in [0.2, 0.25) is 5.02 Å². The Hall–Kier alpha value is -0.780. The standard InChI is InChI=1S/C19H28BrClN2O2/c1-19(2,3)25-18(24)23(4)16-8-6-15(7-9-16)22-12-13-11-14(21)5-10-17(13)20/h5,10-11,15-16,22H,6-9,12H2,1-4H3. The van der Waals surface area contributed by atoms with Gasteiger partial charge in [-0.1, -0.05) is 27.5 Å². The van der Waals surface area contributed by atoms with Gasteiger partial charge in [0.2, 0.25) is 0 Å². The SMILES string of the molecule is CN(C(=O)OC(C)(C)C)C1CCC(NCc2cc(Cl)ccc2Br)CC1. The van der Waals surface area contributed by atoms with Gasteiger partial charge in [-0.15, -0.1) is 0 Å². The van der Waals surface area contributed by atoms with Crippen LogP contribution in [0.3, 0.4) is 0 Å². The zero-order valence-electron chi connectivity index (χ0n) is 15.4. The van der Waals surface area contributed by atoms with Crippen LogP contribution in [0.4, 0.5) is 4.79 Å². The van der Waals surface area contributed by atoms with Gasteiger partial charge < -0.3 is 15.0 Å². The molecule has 1 aromatic rings. The third kappa shape index (κ3) is 6.46. The molecule has 140 valence electrons. The molecule has 1 N–H and O–H groups in total. The summed E-state index contributed by atoms with van der Waals surface area (Å²) in [6.07, 6.45) is 3.85. The lowest BCUT2D eigenvalue weighted by molar-refractivity contribution is 0.0179. The third-order valence-electron chi connectivity index (χ3n) is 4.51. The van der Waals surface area contributed by atoms with Gasteiger partial charge in [-0.05, 0) is 70.2 Å². The predicted octanol–water partition coefficient (Wildman–Crippen LogP) is 5.37. The van der Waals surface area contributed by atoms with Crippen molar-refractivity contribution in [1.29, 1.82) is 0 Å². The van der Waals surface area contributed by atoms with E-state index in [9.17, 15) is 4.79 Å². The summed E-state index contributed by atoms with van der Waals surface area (Å²) in [7, 11) is 1.84. The summed E-state index contributed by atoms with van der Waals surface area (Å²) in [5.74, 6) is 0. The van der Waals surface area contributed by atoms with E-state index in [1.165, 1.54) is 5.56 Å². The van der Waals surface area contributed by atoms with Gasteiger partial charge >= 0.3 is 6.09 Å². The number of halogens is 2. The summed E-state index contributed by atoms with van der Waals surface area (Å²) < 4.78 is 6.53. The first-order chi connectivity index (χ1) is 11.7. The van der Waals surface area contributed by atoms with E-state index in [4.69, 9.17) is 16.3 Å². The number of rotatable bonds is 4. The first kappa shape index (κ1) is 20.5. The molecule has 0 saturated heterocycles. The Morgan fingerprint density at radius 2 is 1.96 bits per heavy atom. The van der Waals surface area contributed by atoms with Crippen molar-refractivity contribution in [2.24, 2.45) is 0 Å². The summed E-state index contributed by atoms with van der Waals surface area (Å²) in [4.78, 5) is 13.9. The smallest absolute Gasteiger partial charge is 0.410 e. The molecule has 0 spiro atoms. The number of hydrogen-bond acceptors (Lipinski definition) is 3. The van der Waals surface area contributed by atoms with Crippen molar-refractivity contribution in [3.05, 3.63) is 33.3 Å². The Bertz CT molecular complexity index is 596. The molecule has 1 amide bonds. The maximum atomic E-state index is 12.2. The molecule has 6 heteroatoms. The van der Waals surface area contributed by atoms with Gasteiger partial charge in [-0.25, -0.2) is 4.79 Å². The Kier molecular flexibility index (Phi) is 7.18. The van der Waals surface area contributed by atoms with Gasteiger partial charge in [0.25, 0.3) is 0 Å². The normalized spacial score (nSPS) is 21.0. The highest BCUT2D eigenvalue weighted by molar-refractivity contribution is 9.10. The molecule has 1 aliphatic rings. The van der Waals surface area contributed by atoms with E-state index < -0.39 is 5.60 Å². The van der Waals surface area contributed by atoms with E-state index in [1.807, 2.05) is 46.0 Å². The van der Waals surface area contributed by atoms with Crippen LogP contribution in [0.1, 0.15) is 52.0 Å². The van der Waals surface area contributed by atoms with Gasteiger partial charge in [0, 0.05) is 35.2 Å². The number of nitrogens with one attached hydrogen (secondary N) is 1. The van der Waals surface area contributed by atoms with E-state index in [1.54, 1.807) is 4.90 Å². The van der Waals surface area contributed by atoms with Crippen molar-refractivity contribution in [2.75, 3.05) is 7.05 Å². The van der Waals surface area contributed by atoms with E-state index in [2.05, 4.69) is 21.2 Å². The Labute approximate surface area is 164 Å². The number of carbonyl (C=O) groups is 1. The number of nitrogens with zero attached hydrogens (tertiary/aromatic N) is 1. The molecule has 4 nitrogen and oxygen atoms in total. The topological polar surface area (TPSA) is 41.6 Å². The van der Waals surface area contributed by atoms with E-state index >= 15 is 0 Å². The monoisotopic (exact) mass is 430 g/mol. The number of ether oxygens (including phenoxy) is 1. The van der Waals surface area contributed by atoms with Gasteiger partial charge in [0.05, 0.1) is 0 Å². The molecule has 0 aromatic heterocycles. The molecule has 25 heavy (non-hydrogen) atoms. The van der Waals surface area contributed by atoms with Crippen molar-refractivity contribution >= 4 is 33.6 Å². The van der Waals surface area contributed by atoms with Crippen molar-refractivity contribution in [3.8, 4) is 0 Å². The lowest BCUT2D eigenvalue weighted by Crippen LogP contribution is -2.44. The quantitative estimate of drug-likeness (QED) is 0.697. The number of hydrogen-bond donors (Lipinski definition) is 1. The molecule has 0 unspecified atom stereocenters. The van der Waals surface area contributed by atoms with Gasteiger partial charge in [0.15, 0.2) is 0 Å². The third-order valence-corrected chi connectivity index (χ3v) is 5.52. The molecular formula is C19H28BrClN2O2. The van der Waals surface area contributed by atoms with Crippen LogP contribution in [0, 0.1) is 0 Å². The summed E-state index contributed by atoms with van der Waals surface area (Å²) in [5.41, 5.74) is 0.717. The average Bonchev–Trinajstić information content (AvgIpc) is 2.54. The molecule has 1 aliphatic carbocycles. The predicted molar refractivity (Wildman–Crippen MR) is 106 cm³/mol. The van der Waals surface area contributed by atoms with Crippen LogP contribution in [-0.2, 0) is 11.3 Å². The van der Waals surface area contributed by atoms with Gasteiger partial charge in [-0.3, -0.25) is 0 Å². The van der Waals surface area contributed by atoms with Crippen molar-refractivity contribution < 1.29 is 9.53 Å². The Morgan fingerprint density at radius 3 is 2.56 bits per heavy atom. The molecule has 0 heterocycles. The summed E-state index contributed by atoms with van der Waals surface area (Å²) in [6, 6.07) is 6.57. The van der Waals surface area contributed by atoms with Crippen LogP contribution in [-0.4, -0.2) is 35.7 Å². The summed E-state index contributed by atoms with van der Waals surface area (Å²) in [6.45, 7) is 6.48. The molecule has 1 fully saturated rings. The first-order valence-corrected chi connectivity index (χ1v) is 9.96. The minimum Gasteiger partial charge on any atom is -0.444 e. The fourth-order valence-corrected chi connectivity index (χ4v) is 3.66. The number of carbonyl (C=O) groups excluding carboxylic acids is 1. The second-order valence-corrected chi connectivity index (χ2v) is 9.00. The molecule has 2 rings (SSSR count). The van der Waals surface area contributed by atoms with Crippen molar-refractivity contribution in [1.82, 2.24) is 10.2 Å². The van der Waals surface area contributed by atoms with E-state index in [0.717, 1.165) is 41.7 Å². The molecular weight excluding hydrogens is 404 g/mol. The minimum absolute atomic E-state index is 0.230. The van der Waals surface area contributed by atoms with E-state index in [-0.39, 0.29) is 12.1 Å². The van der Waals surface area contributed by atoms with Gasteiger partial charge in [-0.2, -0.15) is 0 Å². The van der Waals surface area contributed by atoms with Crippen LogP contribution < -0.4 is 5.32 Å². The number of benzene rings is 1. The fraction of sp³-hybridized carbons (Fsp3) is 0.632. The molecule has 1 saturated carbocycles. The molecule has 0 radical (unpaired) electrons. The van der Waals surface area contributed by atoms with Crippen LogP contribution >= 0.6 is 27.5 Å². The second-order valence-electron chi connectivity index (χ2n) is 7.71. The summed E-state index contributed by atoms with van der Waals surface area (Å²) >= 11 is 9.64. The van der Waals surface area contributed by atoms with Crippen molar-refractivity contribution in [2.45, 2.75) is 70.7 Å². The maximum absolute atomic E-state index is 12.2. The van der Waals surface area contributed by atoms with Crippen LogP contribution in [0.15, 0.2) is 22.7 Å². The Morgan fingerprint density at radius 1 is 1.32 bits per heavy atom. The maximum Gasteiger partial charge on any atom is 0.410 e.